The number of ether oxygens (including phenoxy) is 2. The number of rotatable bonds is 8. The topological polar surface area (TPSA) is 42.0 Å². The highest BCUT2D eigenvalue weighted by Gasteiger charge is 2.22. The molecule has 0 saturated carbocycles. The first-order chi connectivity index (χ1) is 10.3. The summed E-state index contributed by atoms with van der Waals surface area (Å²) in [5, 5.41) is 0. The summed E-state index contributed by atoms with van der Waals surface area (Å²) < 4.78 is 10.2. The van der Waals surface area contributed by atoms with Gasteiger partial charge in [-0.3, -0.25) is 0 Å². The predicted octanol–water partition coefficient (Wildman–Crippen LogP) is 1.37. The van der Waals surface area contributed by atoms with Crippen LogP contribution in [-0.4, -0.2) is 74.9 Å². The van der Waals surface area contributed by atoms with Gasteiger partial charge >= 0.3 is 5.97 Å². The molecule has 0 aromatic carbocycles. The molecule has 0 spiro atoms. The van der Waals surface area contributed by atoms with Crippen LogP contribution in [0.4, 0.5) is 0 Å². The molecule has 0 amide bonds. The van der Waals surface area contributed by atoms with Gasteiger partial charge in [0.15, 0.2) is 0 Å². The van der Waals surface area contributed by atoms with E-state index < -0.39 is 0 Å². The van der Waals surface area contributed by atoms with E-state index in [1.165, 1.54) is 58.4 Å². The van der Waals surface area contributed by atoms with E-state index in [1.54, 1.807) is 0 Å². The molecule has 122 valence electrons. The molecule has 2 saturated heterocycles. The Kier molecular flexibility index (Phi) is 7.47. The minimum atomic E-state index is -0.262. The smallest absolute Gasteiger partial charge is 0.332 e. The molecule has 2 fully saturated rings. The van der Waals surface area contributed by atoms with Crippen LogP contribution in [-0.2, 0) is 14.3 Å². The Bertz CT molecular complexity index is 298. The Morgan fingerprint density at radius 3 is 2.48 bits per heavy atom. The van der Waals surface area contributed by atoms with Crippen molar-refractivity contribution in [2.75, 3.05) is 59.1 Å². The molecular weight excluding hydrogens is 268 g/mol. The van der Waals surface area contributed by atoms with Gasteiger partial charge in [-0.05, 0) is 64.7 Å². The van der Waals surface area contributed by atoms with Gasteiger partial charge in [0.2, 0.25) is 0 Å². The summed E-state index contributed by atoms with van der Waals surface area (Å²) >= 11 is 0. The molecule has 21 heavy (non-hydrogen) atoms. The van der Waals surface area contributed by atoms with Crippen LogP contribution < -0.4 is 0 Å². The van der Waals surface area contributed by atoms with Crippen molar-refractivity contribution in [3.05, 3.63) is 0 Å². The number of hydrogen-bond donors (Lipinski definition) is 0. The van der Waals surface area contributed by atoms with Crippen LogP contribution in [0.15, 0.2) is 0 Å². The van der Waals surface area contributed by atoms with Crippen LogP contribution in [0.2, 0.25) is 0 Å². The molecule has 2 aliphatic rings. The van der Waals surface area contributed by atoms with Crippen LogP contribution in [0, 0.1) is 5.92 Å². The van der Waals surface area contributed by atoms with Gasteiger partial charge in [0.1, 0.15) is 6.61 Å². The maximum absolute atomic E-state index is 11.1. The SMILES string of the molecule is CCOC(=O)COCCN1CCC(CN2CCCC2)CC1. The van der Waals surface area contributed by atoms with Gasteiger partial charge in [-0.2, -0.15) is 0 Å². The van der Waals surface area contributed by atoms with Gasteiger partial charge in [0, 0.05) is 13.1 Å². The third-order valence-corrected chi connectivity index (χ3v) is 4.50. The standard InChI is InChI=1S/C16H30N2O3/c1-2-21-16(19)14-20-12-11-17-9-5-15(6-10-17)13-18-7-3-4-8-18/h15H,2-14H2,1H3. The third kappa shape index (κ3) is 6.32. The summed E-state index contributed by atoms with van der Waals surface area (Å²) in [7, 11) is 0. The largest absolute Gasteiger partial charge is 0.464 e. The van der Waals surface area contributed by atoms with E-state index in [0.29, 0.717) is 13.2 Å². The van der Waals surface area contributed by atoms with E-state index in [9.17, 15) is 4.79 Å². The van der Waals surface area contributed by atoms with E-state index in [1.807, 2.05) is 6.92 Å². The summed E-state index contributed by atoms with van der Waals surface area (Å²) in [4.78, 5) is 16.2. The Morgan fingerprint density at radius 2 is 1.81 bits per heavy atom. The van der Waals surface area contributed by atoms with Crippen molar-refractivity contribution in [1.82, 2.24) is 9.80 Å². The second kappa shape index (κ2) is 9.38. The first kappa shape index (κ1) is 16.7. The Morgan fingerprint density at radius 1 is 1.10 bits per heavy atom. The van der Waals surface area contributed by atoms with Gasteiger partial charge in [-0.25, -0.2) is 4.79 Å². The lowest BCUT2D eigenvalue weighted by Gasteiger charge is -2.33. The molecule has 0 atom stereocenters. The second-order valence-electron chi connectivity index (χ2n) is 6.15. The summed E-state index contributed by atoms with van der Waals surface area (Å²) in [5.74, 6) is 0.613. The monoisotopic (exact) mass is 298 g/mol. The van der Waals surface area contributed by atoms with Crippen LogP contribution in [0.25, 0.3) is 0 Å². The average Bonchev–Trinajstić information content (AvgIpc) is 2.98. The van der Waals surface area contributed by atoms with Crippen LogP contribution >= 0.6 is 0 Å². The molecular formula is C16H30N2O3. The number of nitrogens with zero attached hydrogens (tertiary/aromatic N) is 2. The average molecular weight is 298 g/mol. The fourth-order valence-electron chi connectivity index (χ4n) is 3.27. The minimum Gasteiger partial charge on any atom is -0.464 e. The van der Waals surface area contributed by atoms with Crippen molar-refractivity contribution in [2.45, 2.75) is 32.6 Å². The number of esters is 1. The normalized spacial score (nSPS) is 21.8. The molecule has 2 heterocycles. The zero-order valence-corrected chi connectivity index (χ0v) is 13.4. The van der Waals surface area contributed by atoms with Crippen molar-refractivity contribution in [2.24, 2.45) is 5.92 Å². The lowest BCUT2D eigenvalue weighted by Crippen LogP contribution is -2.39. The molecule has 0 aromatic rings. The molecule has 0 unspecified atom stereocenters. The summed E-state index contributed by atoms with van der Waals surface area (Å²) in [6.07, 6.45) is 5.37. The number of hydrogen-bond acceptors (Lipinski definition) is 5. The van der Waals surface area contributed by atoms with Gasteiger partial charge in [-0.1, -0.05) is 0 Å². The van der Waals surface area contributed by atoms with Crippen LogP contribution in [0.1, 0.15) is 32.6 Å². The highest BCUT2D eigenvalue weighted by molar-refractivity contribution is 5.70. The summed E-state index contributed by atoms with van der Waals surface area (Å²) in [5.41, 5.74) is 0. The number of carbonyl (C=O) groups excluding carboxylic acids is 1. The van der Waals surface area contributed by atoms with Crippen LogP contribution in [0.3, 0.4) is 0 Å². The fourth-order valence-corrected chi connectivity index (χ4v) is 3.27. The molecule has 0 bridgehead atoms. The highest BCUT2D eigenvalue weighted by Crippen LogP contribution is 2.20. The van der Waals surface area contributed by atoms with E-state index in [0.717, 1.165) is 12.5 Å². The van der Waals surface area contributed by atoms with Gasteiger partial charge in [0.25, 0.3) is 0 Å². The quantitative estimate of drug-likeness (QED) is 0.500. The van der Waals surface area contributed by atoms with E-state index in [-0.39, 0.29) is 12.6 Å². The Hall–Kier alpha value is -0.650. The summed E-state index contributed by atoms with van der Waals surface area (Å²) in [6, 6.07) is 0. The van der Waals surface area contributed by atoms with Crippen molar-refractivity contribution >= 4 is 5.97 Å². The molecule has 5 nitrogen and oxygen atoms in total. The van der Waals surface area contributed by atoms with Gasteiger partial charge in [0.05, 0.1) is 13.2 Å². The fraction of sp³-hybridized carbons (Fsp3) is 0.938. The minimum absolute atomic E-state index is 0.0826. The first-order valence-electron chi connectivity index (χ1n) is 8.46. The molecule has 0 radical (unpaired) electrons. The third-order valence-electron chi connectivity index (χ3n) is 4.50. The Labute approximate surface area is 128 Å². The zero-order chi connectivity index (χ0) is 14.9. The molecule has 0 aliphatic carbocycles. The highest BCUT2D eigenvalue weighted by atomic mass is 16.6. The van der Waals surface area contributed by atoms with E-state index >= 15 is 0 Å². The number of carbonyl (C=O) groups is 1. The van der Waals surface area contributed by atoms with Crippen molar-refractivity contribution in [1.29, 1.82) is 0 Å². The number of piperidine rings is 1. The second-order valence-corrected chi connectivity index (χ2v) is 6.15. The van der Waals surface area contributed by atoms with Crippen LogP contribution in [0.5, 0.6) is 0 Å². The maximum atomic E-state index is 11.1. The number of likely N-dealkylation sites (tertiary alicyclic amines) is 2. The maximum Gasteiger partial charge on any atom is 0.332 e. The molecule has 0 N–H and O–H groups in total. The lowest BCUT2D eigenvalue weighted by molar-refractivity contribution is -0.148. The predicted molar refractivity (Wildman–Crippen MR) is 82.3 cm³/mol. The first-order valence-corrected chi connectivity index (χ1v) is 8.46. The van der Waals surface area contributed by atoms with Gasteiger partial charge in [-0.15, -0.1) is 0 Å². The lowest BCUT2D eigenvalue weighted by atomic mass is 9.96. The van der Waals surface area contributed by atoms with E-state index in [4.69, 9.17) is 9.47 Å². The van der Waals surface area contributed by atoms with Crippen molar-refractivity contribution in [3.63, 3.8) is 0 Å². The van der Waals surface area contributed by atoms with Crippen molar-refractivity contribution < 1.29 is 14.3 Å². The molecule has 2 aliphatic heterocycles. The zero-order valence-electron chi connectivity index (χ0n) is 13.4. The van der Waals surface area contributed by atoms with Crippen molar-refractivity contribution in [3.8, 4) is 0 Å². The summed E-state index contributed by atoms with van der Waals surface area (Å²) in [6.45, 7) is 10.1. The molecule has 5 heteroatoms. The molecule has 2 rings (SSSR count). The Balaban J connectivity index is 1.49. The van der Waals surface area contributed by atoms with E-state index in [2.05, 4.69) is 9.80 Å². The molecule has 0 aromatic heterocycles. The van der Waals surface area contributed by atoms with Gasteiger partial charge < -0.3 is 19.3 Å².